The second-order valence-electron chi connectivity index (χ2n) is 4.19. The van der Waals surface area contributed by atoms with Crippen molar-refractivity contribution in [1.29, 1.82) is 0 Å². The van der Waals surface area contributed by atoms with Crippen LogP contribution in [0.15, 0.2) is 0 Å². The smallest absolute Gasteiger partial charge is 0.394 e. The van der Waals surface area contributed by atoms with Crippen LogP contribution in [-0.4, -0.2) is 29.2 Å². The van der Waals surface area contributed by atoms with Gasteiger partial charge in [0.2, 0.25) is 5.91 Å². The zero-order valence-electron chi connectivity index (χ0n) is 9.18. The second kappa shape index (κ2) is 4.71. The Hall–Kier alpha value is -1.27. The molecule has 0 rings (SSSR count). The molecule has 4 nitrogen and oxygen atoms in total. The van der Waals surface area contributed by atoms with Gasteiger partial charge in [0.05, 0.1) is 5.41 Å². The normalized spacial score (nSPS) is 14.4. The van der Waals surface area contributed by atoms with Crippen LogP contribution in [-0.2, 0) is 9.59 Å². The number of carbonyl (C=O) groups is 2. The van der Waals surface area contributed by atoms with Crippen LogP contribution >= 0.6 is 0 Å². The first kappa shape index (κ1) is 14.7. The molecule has 0 aliphatic heterocycles. The SMILES string of the molecule is C[C@@H](NC(=O)CC(C)(C)C(F)(F)F)C(=O)O. The van der Waals surface area contributed by atoms with Gasteiger partial charge in [0.15, 0.2) is 0 Å². The predicted octanol–water partition coefficient (Wildman–Crippen LogP) is 1.55. The third-order valence-corrected chi connectivity index (χ3v) is 2.12. The van der Waals surface area contributed by atoms with Crippen LogP contribution in [0.5, 0.6) is 0 Å². The number of amides is 1. The summed E-state index contributed by atoms with van der Waals surface area (Å²) in [7, 11) is 0. The van der Waals surface area contributed by atoms with E-state index in [1.807, 2.05) is 5.32 Å². The fourth-order valence-electron chi connectivity index (χ4n) is 0.856. The van der Waals surface area contributed by atoms with Crippen LogP contribution in [0.1, 0.15) is 27.2 Å². The minimum absolute atomic E-state index is 0.798. The Morgan fingerprint density at radius 1 is 1.31 bits per heavy atom. The molecule has 0 aliphatic carbocycles. The van der Waals surface area contributed by atoms with Gasteiger partial charge in [-0.2, -0.15) is 13.2 Å². The van der Waals surface area contributed by atoms with Crippen molar-refractivity contribution in [3.63, 3.8) is 0 Å². The topological polar surface area (TPSA) is 66.4 Å². The van der Waals surface area contributed by atoms with Crippen molar-refractivity contribution in [1.82, 2.24) is 5.32 Å². The fraction of sp³-hybridized carbons (Fsp3) is 0.778. The van der Waals surface area contributed by atoms with Gasteiger partial charge < -0.3 is 10.4 Å². The number of alkyl halides is 3. The maximum absolute atomic E-state index is 12.4. The van der Waals surface area contributed by atoms with Gasteiger partial charge in [0.25, 0.3) is 0 Å². The van der Waals surface area contributed by atoms with Crippen molar-refractivity contribution in [3.8, 4) is 0 Å². The Bertz CT molecular complexity index is 286. The Balaban J connectivity index is 4.42. The molecule has 94 valence electrons. The number of halogens is 3. The summed E-state index contributed by atoms with van der Waals surface area (Å²) in [5, 5.41) is 10.4. The highest BCUT2D eigenvalue weighted by Gasteiger charge is 2.48. The Kier molecular flexibility index (Phi) is 4.34. The molecule has 0 heterocycles. The van der Waals surface area contributed by atoms with Crippen LogP contribution in [0, 0.1) is 5.41 Å². The third kappa shape index (κ3) is 4.08. The summed E-state index contributed by atoms with van der Waals surface area (Å²) in [5.41, 5.74) is -2.17. The standard InChI is InChI=1S/C9H14F3NO3/c1-5(7(15)16)13-6(14)4-8(2,3)9(10,11)12/h5H,4H2,1-3H3,(H,13,14)(H,15,16)/t5-/m1/s1. The van der Waals surface area contributed by atoms with E-state index in [1.54, 1.807) is 0 Å². The predicted molar refractivity (Wildman–Crippen MR) is 49.7 cm³/mol. The maximum Gasteiger partial charge on any atom is 0.394 e. The van der Waals surface area contributed by atoms with Gasteiger partial charge in [-0.1, -0.05) is 13.8 Å². The first-order chi connectivity index (χ1) is 6.97. The molecule has 7 heteroatoms. The molecule has 0 saturated heterocycles. The first-order valence-corrected chi connectivity index (χ1v) is 4.56. The van der Waals surface area contributed by atoms with E-state index in [-0.39, 0.29) is 0 Å². The van der Waals surface area contributed by atoms with Crippen LogP contribution in [0.25, 0.3) is 0 Å². The molecule has 0 fully saturated rings. The number of hydrogen-bond acceptors (Lipinski definition) is 2. The zero-order valence-corrected chi connectivity index (χ0v) is 9.18. The van der Waals surface area contributed by atoms with E-state index in [9.17, 15) is 22.8 Å². The number of aliphatic carboxylic acids is 1. The first-order valence-electron chi connectivity index (χ1n) is 4.56. The van der Waals surface area contributed by atoms with E-state index < -0.39 is 35.9 Å². The number of carboxylic acid groups (broad SMARTS) is 1. The lowest BCUT2D eigenvalue weighted by molar-refractivity contribution is -0.213. The highest BCUT2D eigenvalue weighted by atomic mass is 19.4. The highest BCUT2D eigenvalue weighted by molar-refractivity contribution is 5.83. The monoisotopic (exact) mass is 241 g/mol. The van der Waals surface area contributed by atoms with Crippen LogP contribution in [0.3, 0.4) is 0 Å². The molecule has 0 saturated carbocycles. The number of rotatable bonds is 4. The Morgan fingerprint density at radius 3 is 2.06 bits per heavy atom. The lowest BCUT2D eigenvalue weighted by Gasteiger charge is -2.27. The van der Waals surface area contributed by atoms with E-state index in [0.717, 1.165) is 13.8 Å². The third-order valence-electron chi connectivity index (χ3n) is 2.12. The summed E-state index contributed by atoms with van der Waals surface area (Å²) >= 11 is 0. The molecule has 2 N–H and O–H groups in total. The van der Waals surface area contributed by atoms with Crippen molar-refractivity contribution in [2.45, 2.75) is 39.4 Å². The molecule has 0 radical (unpaired) electrons. The van der Waals surface area contributed by atoms with Crippen molar-refractivity contribution in [2.75, 3.05) is 0 Å². The molecule has 0 aromatic carbocycles. The number of carboxylic acids is 1. The Morgan fingerprint density at radius 2 is 1.75 bits per heavy atom. The lowest BCUT2D eigenvalue weighted by Crippen LogP contribution is -2.43. The molecular formula is C9H14F3NO3. The van der Waals surface area contributed by atoms with E-state index in [1.165, 1.54) is 6.92 Å². The average Bonchev–Trinajstić information content (AvgIpc) is 1.99. The molecule has 0 aromatic rings. The van der Waals surface area contributed by atoms with Gasteiger partial charge in [-0.05, 0) is 6.92 Å². The van der Waals surface area contributed by atoms with Gasteiger partial charge in [0.1, 0.15) is 6.04 Å². The van der Waals surface area contributed by atoms with E-state index in [0.29, 0.717) is 0 Å². The summed E-state index contributed by atoms with van der Waals surface area (Å²) in [5.74, 6) is -2.23. The second-order valence-corrected chi connectivity index (χ2v) is 4.19. The van der Waals surface area contributed by atoms with Crippen molar-refractivity contribution >= 4 is 11.9 Å². The number of carbonyl (C=O) groups excluding carboxylic acids is 1. The Labute approximate surface area is 90.8 Å². The molecule has 0 bridgehead atoms. The molecule has 0 spiro atoms. The molecule has 1 amide bonds. The summed E-state index contributed by atoms with van der Waals surface area (Å²) in [4.78, 5) is 21.5. The maximum atomic E-state index is 12.4. The van der Waals surface area contributed by atoms with Gasteiger partial charge in [0, 0.05) is 6.42 Å². The zero-order chi connectivity index (χ0) is 13.1. The van der Waals surface area contributed by atoms with Gasteiger partial charge >= 0.3 is 12.1 Å². The lowest BCUT2D eigenvalue weighted by atomic mass is 9.88. The van der Waals surface area contributed by atoms with Gasteiger partial charge in [-0.25, -0.2) is 0 Å². The van der Waals surface area contributed by atoms with Crippen LogP contribution in [0.4, 0.5) is 13.2 Å². The molecule has 0 aliphatic rings. The largest absolute Gasteiger partial charge is 0.480 e. The summed E-state index contributed by atoms with van der Waals surface area (Å²) < 4.78 is 37.2. The van der Waals surface area contributed by atoms with E-state index in [2.05, 4.69) is 0 Å². The molecule has 16 heavy (non-hydrogen) atoms. The minimum Gasteiger partial charge on any atom is -0.480 e. The van der Waals surface area contributed by atoms with Crippen molar-refractivity contribution < 1.29 is 27.9 Å². The van der Waals surface area contributed by atoms with E-state index in [4.69, 9.17) is 5.11 Å². The van der Waals surface area contributed by atoms with Gasteiger partial charge in [-0.3, -0.25) is 9.59 Å². The summed E-state index contributed by atoms with van der Waals surface area (Å²) in [6.07, 6.45) is -5.30. The summed E-state index contributed by atoms with van der Waals surface area (Å²) in [6, 6.07) is -1.20. The van der Waals surface area contributed by atoms with E-state index >= 15 is 0 Å². The number of hydrogen-bond donors (Lipinski definition) is 2. The fourth-order valence-corrected chi connectivity index (χ4v) is 0.856. The molecule has 0 unspecified atom stereocenters. The van der Waals surface area contributed by atoms with Crippen molar-refractivity contribution in [2.24, 2.45) is 5.41 Å². The molecular weight excluding hydrogens is 227 g/mol. The van der Waals surface area contributed by atoms with Crippen molar-refractivity contribution in [3.05, 3.63) is 0 Å². The van der Waals surface area contributed by atoms with Crippen LogP contribution in [0.2, 0.25) is 0 Å². The molecule has 0 aromatic heterocycles. The average molecular weight is 241 g/mol. The highest BCUT2D eigenvalue weighted by Crippen LogP contribution is 2.40. The minimum atomic E-state index is -4.50. The van der Waals surface area contributed by atoms with Gasteiger partial charge in [-0.15, -0.1) is 0 Å². The molecule has 1 atom stereocenters. The number of nitrogens with one attached hydrogen (secondary N) is 1. The summed E-state index contributed by atoms with van der Waals surface area (Å²) in [6.45, 7) is 2.96. The quantitative estimate of drug-likeness (QED) is 0.784. The van der Waals surface area contributed by atoms with Crippen LogP contribution < -0.4 is 5.32 Å².